The van der Waals surface area contributed by atoms with Crippen molar-refractivity contribution in [1.82, 2.24) is 10.2 Å². The number of esters is 1. The molecule has 122 valence electrons. The van der Waals surface area contributed by atoms with E-state index in [4.69, 9.17) is 9.15 Å². The summed E-state index contributed by atoms with van der Waals surface area (Å²) in [4.78, 5) is 12.2. The van der Waals surface area contributed by atoms with Crippen LogP contribution in [0.4, 0.5) is 0 Å². The smallest absolute Gasteiger partial charge is 0.338 e. The highest BCUT2D eigenvalue weighted by Crippen LogP contribution is 2.21. The molecule has 24 heavy (non-hydrogen) atoms. The minimum absolute atomic E-state index is 0.0598. The first-order chi connectivity index (χ1) is 11.5. The van der Waals surface area contributed by atoms with Gasteiger partial charge in [0.15, 0.2) is 6.61 Å². The zero-order chi connectivity index (χ0) is 17.1. The minimum atomic E-state index is -0.403. The van der Waals surface area contributed by atoms with E-state index in [2.05, 4.69) is 26.1 Å². The molecule has 0 saturated heterocycles. The molecule has 0 fully saturated rings. The van der Waals surface area contributed by atoms with E-state index in [-0.39, 0.29) is 12.5 Å². The molecule has 0 unspecified atom stereocenters. The van der Waals surface area contributed by atoms with Crippen LogP contribution in [0.25, 0.3) is 11.5 Å². The molecule has 5 nitrogen and oxygen atoms in total. The van der Waals surface area contributed by atoms with Crippen LogP contribution in [-0.4, -0.2) is 16.2 Å². The molecule has 3 rings (SSSR count). The summed E-state index contributed by atoms with van der Waals surface area (Å²) in [7, 11) is 0. The van der Waals surface area contributed by atoms with Crippen LogP contribution in [0, 0.1) is 13.8 Å². The molecule has 0 aliphatic heterocycles. The Morgan fingerprint density at radius 2 is 1.88 bits per heavy atom. The third kappa shape index (κ3) is 3.71. The van der Waals surface area contributed by atoms with E-state index < -0.39 is 5.97 Å². The van der Waals surface area contributed by atoms with Crippen molar-refractivity contribution >= 4 is 21.9 Å². The van der Waals surface area contributed by atoms with Gasteiger partial charge in [0.2, 0.25) is 5.89 Å². The summed E-state index contributed by atoms with van der Waals surface area (Å²) in [5, 5.41) is 7.89. The Bertz CT molecular complexity index is 872. The Balaban J connectivity index is 1.68. The lowest BCUT2D eigenvalue weighted by atomic mass is 10.1. The lowest BCUT2D eigenvalue weighted by molar-refractivity contribution is 0.0437. The average molecular weight is 387 g/mol. The molecule has 1 heterocycles. The van der Waals surface area contributed by atoms with Gasteiger partial charge in [-0.2, -0.15) is 0 Å². The molecule has 0 atom stereocenters. The van der Waals surface area contributed by atoms with E-state index in [1.165, 1.54) is 0 Å². The van der Waals surface area contributed by atoms with Crippen molar-refractivity contribution < 1.29 is 13.9 Å². The van der Waals surface area contributed by atoms with Gasteiger partial charge in [0.05, 0.1) is 5.56 Å². The summed E-state index contributed by atoms with van der Waals surface area (Å²) < 4.78 is 11.8. The van der Waals surface area contributed by atoms with Crippen LogP contribution in [0.2, 0.25) is 0 Å². The molecule has 0 aliphatic rings. The molecule has 0 aliphatic carbocycles. The number of hydrogen-bond donors (Lipinski definition) is 0. The number of carbonyl (C=O) groups is 1. The summed E-state index contributed by atoms with van der Waals surface area (Å²) in [6, 6.07) is 13.2. The van der Waals surface area contributed by atoms with Crippen LogP contribution in [0.1, 0.15) is 27.4 Å². The van der Waals surface area contributed by atoms with Gasteiger partial charge in [-0.05, 0) is 49.7 Å². The Kier molecular flexibility index (Phi) is 4.76. The van der Waals surface area contributed by atoms with Crippen LogP contribution >= 0.6 is 15.9 Å². The SMILES string of the molecule is Cc1ccc(C)c(C(=O)OCc2nnc(-c3ccc(Br)cc3)o2)c1. The zero-order valence-electron chi connectivity index (χ0n) is 13.2. The number of nitrogens with zero attached hydrogens (tertiary/aromatic N) is 2. The fourth-order valence-electron chi connectivity index (χ4n) is 2.18. The van der Waals surface area contributed by atoms with Gasteiger partial charge < -0.3 is 9.15 Å². The summed E-state index contributed by atoms with van der Waals surface area (Å²) in [6.07, 6.45) is 0. The zero-order valence-corrected chi connectivity index (χ0v) is 14.8. The second kappa shape index (κ2) is 6.97. The first-order valence-corrected chi connectivity index (χ1v) is 8.15. The Morgan fingerprint density at radius 1 is 1.12 bits per heavy atom. The largest absolute Gasteiger partial charge is 0.452 e. The Morgan fingerprint density at radius 3 is 2.62 bits per heavy atom. The van der Waals surface area contributed by atoms with Crippen molar-refractivity contribution in [3.8, 4) is 11.5 Å². The van der Waals surface area contributed by atoms with E-state index in [9.17, 15) is 4.79 Å². The second-order valence-electron chi connectivity index (χ2n) is 5.40. The summed E-state index contributed by atoms with van der Waals surface area (Å²) in [5.74, 6) is 0.242. The molecule has 0 saturated carbocycles. The van der Waals surface area contributed by atoms with Crippen molar-refractivity contribution in [2.45, 2.75) is 20.5 Å². The number of halogens is 1. The monoisotopic (exact) mass is 386 g/mol. The van der Waals surface area contributed by atoms with Gasteiger partial charge in [-0.15, -0.1) is 10.2 Å². The van der Waals surface area contributed by atoms with Crippen LogP contribution in [-0.2, 0) is 11.3 Å². The molecule has 0 bridgehead atoms. The Labute approximate surface area is 147 Å². The number of rotatable bonds is 4. The second-order valence-corrected chi connectivity index (χ2v) is 6.32. The predicted octanol–water partition coefficient (Wildman–Crippen LogP) is 4.47. The maximum Gasteiger partial charge on any atom is 0.338 e. The van der Waals surface area contributed by atoms with Crippen molar-refractivity contribution in [3.05, 3.63) is 69.5 Å². The molecule has 3 aromatic rings. The van der Waals surface area contributed by atoms with Gasteiger partial charge in [-0.3, -0.25) is 0 Å². The van der Waals surface area contributed by atoms with E-state index >= 15 is 0 Å². The van der Waals surface area contributed by atoms with Crippen molar-refractivity contribution in [2.24, 2.45) is 0 Å². The highest BCUT2D eigenvalue weighted by molar-refractivity contribution is 9.10. The first kappa shape index (κ1) is 16.4. The highest BCUT2D eigenvalue weighted by Gasteiger charge is 2.14. The van der Waals surface area contributed by atoms with Crippen LogP contribution < -0.4 is 0 Å². The molecule has 0 amide bonds. The van der Waals surface area contributed by atoms with Gasteiger partial charge in [-0.1, -0.05) is 33.6 Å². The molecule has 1 aromatic heterocycles. The van der Waals surface area contributed by atoms with E-state index in [1.54, 1.807) is 6.07 Å². The lowest BCUT2D eigenvalue weighted by Crippen LogP contribution is -2.07. The topological polar surface area (TPSA) is 65.2 Å². The fourth-order valence-corrected chi connectivity index (χ4v) is 2.45. The molecular formula is C18H15BrN2O3. The third-order valence-electron chi connectivity index (χ3n) is 3.50. The normalized spacial score (nSPS) is 10.6. The van der Waals surface area contributed by atoms with E-state index in [0.717, 1.165) is 21.2 Å². The molecule has 2 aromatic carbocycles. The predicted molar refractivity (Wildman–Crippen MR) is 92.5 cm³/mol. The minimum Gasteiger partial charge on any atom is -0.452 e. The number of aromatic nitrogens is 2. The van der Waals surface area contributed by atoms with E-state index in [1.807, 2.05) is 50.2 Å². The number of carbonyl (C=O) groups excluding carboxylic acids is 1. The van der Waals surface area contributed by atoms with E-state index in [0.29, 0.717) is 11.5 Å². The first-order valence-electron chi connectivity index (χ1n) is 7.35. The number of aryl methyl sites for hydroxylation is 2. The maximum absolute atomic E-state index is 12.2. The summed E-state index contributed by atoms with van der Waals surface area (Å²) >= 11 is 3.37. The Hall–Kier alpha value is -2.47. The van der Waals surface area contributed by atoms with Crippen molar-refractivity contribution in [1.29, 1.82) is 0 Å². The standard InChI is InChI=1S/C18H15BrN2O3/c1-11-3-4-12(2)15(9-11)18(22)23-10-16-20-21-17(24-16)13-5-7-14(19)8-6-13/h3-9H,10H2,1-2H3. The van der Waals surface area contributed by atoms with Gasteiger partial charge in [0.25, 0.3) is 5.89 Å². The van der Waals surface area contributed by atoms with Crippen LogP contribution in [0.5, 0.6) is 0 Å². The number of hydrogen-bond acceptors (Lipinski definition) is 5. The highest BCUT2D eigenvalue weighted by atomic mass is 79.9. The molecule has 0 radical (unpaired) electrons. The van der Waals surface area contributed by atoms with Gasteiger partial charge >= 0.3 is 5.97 Å². The lowest BCUT2D eigenvalue weighted by Gasteiger charge is -2.06. The molecular weight excluding hydrogens is 372 g/mol. The quantitative estimate of drug-likeness (QED) is 0.618. The number of benzene rings is 2. The summed E-state index contributed by atoms with van der Waals surface area (Å²) in [5.41, 5.74) is 3.22. The van der Waals surface area contributed by atoms with Crippen molar-refractivity contribution in [3.63, 3.8) is 0 Å². The van der Waals surface area contributed by atoms with Crippen LogP contribution in [0.15, 0.2) is 51.4 Å². The molecule has 6 heteroatoms. The van der Waals surface area contributed by atoms with Gasteiger partial charge in [0.1, 0.15) is 0 Å². The van der Waals surface area contributed by atoms with Crippen molar-refractivity contribution in [2.75, 3.05) is 0 Å². The number of ether oxygens (including phenoxy) is 1. The van der Waals surface area contributed by atoms with Crippen LogP contribution in [0.3, 0.4) is 0 Å². The fraction of sp³-hybridized carbons (Fsp3) is 0.167. The molecule has 0 spiro atoms. The maximum atomic E-state index is 12.2. The molecule has 0 N–H and O–H groups in total. The summed E-state index contributed by atoms with van der Waals surface area (Å²) in [6.45, 7) is 3.74. The van der Waals surface area contributed by atoms with Gasteiger partial charge in [-0.25, -0.2) is 4.79 Å². The third-order valence-corrected chi connectivity index (χ3v) is 4.03. The average Bonchev–Trinajstić information content (AvgIpc) is 3.04. The van der Waals surface area contributed by atoms with Gasteiger partial charge in [0, 0.05) is 10.0 Å².